The highest BCUT2D eigenvalue weighted by Gasteiger charge is 2.30. The fraction of sp³-hybridized carbons (Fsp3) is 0.917. The number of hydrogen-bond acceptors (Lipinski definition) is 4. The molecule has 0 radical (unpaired) electrons. The Morgan fingerprint density at radius 1 is 1.50 bits per heavy atom. The summed E-state index contributed by atoms with van der Waals surface area (Å²) >= 11 is 0. The largest absolute Gasteiger partial charge is 0.465 e. The zero-order valence-electron chi connectivity index (χ0n) is 10.3. The molecule has 1 rings (SSSR count). The first-order valence-corrected chi connectivity index (χ1v) is 6.10. The SMILES string of the molecule is CCOC(=O)C(C)(N)COCCC1CCC1. The van der Waals surface area contributed by atoms with Crippen LogP contribution < -0.4 is 5.73 Å². The molecule has 0 aromatic heterocycles. The van der Waals surface area contributed by atoms with Gasteiger partial charge in [-0.05, 0) is 26.2 Å². The monoisotopic (exact) mass is 229 g/mol. The maximum Gasteiger partial charge on any atom is 0.328 e. The third kappa shape index (κ3) is 4.10. The van der Waals surface area contributed by atoms with Crippen LogP contribution in [0.1, 0.15) is 39.5 Å². The summed E-state index contributed by atoms with van der Waals surface area (Å²) < 4.78 is 10.3. The molecule has 0 spiro atoms. The van der Waals surface area contributed by atoms with E-state index in [0.717, 1.165) is 12.3 Å². The molecule has 0 saturated heterocycles. The molecule has 16 heavy (non-hydrogen) atoms. The Kier molecular flexibility index (Phi) is 5.22. The van der Waals surface area contributed by atoms with Crippen LogP contribution in [0.25, 0.3) is 0 Å². The lowest BCUT2D eigenvalue weighted by Gasteiger charge is -2.26. The highest BCUT2D eigenvalue weighted by Crippen LogP contribution is 2.29. The van der Waals surface area contributed by atoms with Gasteiger partial charge < -0.3 is 15.2 Å². The minimum absolute atomic E-state index is 0.235. The molecule has 2 N–H and O–H groups in total. The fourth-order valence-corrected chi connectivity index (χ4v) is 1.67. The number of carbonyl (C=O) groups excluding carboxylic acids is 1. The van der Waals surface area contributed by atoms with Crippen molar-refractivity contribution >= 4 is 5.97 Å². The number of ether oxygens (including phenoxy) is 2. The molecule has 1 fully saturated rings. The molecular weight excluding hydrogens is 206 g/mol. The number of esters is 1. The number of carbonyl (C=O) groups is 1. The standard InChI is InChI=1S/C12H23NO3/c1-3-16-11(14)12(2,13)9-15-8-7-10-5-4-6-10/h10H,3-9,13H2,1-2H3. The molecule has 0 aromatic rings. The predicted molar refractivity (Wildman–Crippen MR) is 62.0 cm³/mol. The molecule has 1 atom stereocenters. The van der Waals surface area contributed by atoms with E-state index in [0.29, 0.717) is 13.2 Å². The highest BCUT2D eigenvalue weighted by atomic mass is 16.5. The molecule has 4 nitrogen and oxygen atoms in total. The van der Waals surface area contributed by atoms with Gasteiger partial charge in [-0.1, -0.05) is 19.3 Å². The van der Waals surface area contributed by atoms with Gasteiger partial charge in [-0.2, -0.15) is 0 Å². The fourth-order valence-electron chi connectivity index (χ4n) is 1.67. The molecule has 1 aliphatic carbocycles. The smallest absolute Gasteiger partial charge is 0.328 e. The maximum atomic E-state index is 11.4. The summed E-state index contributed by atoms with van der Waals surface area (Å²) in [6.07, 6.45) is 5.07. The van der Waals surface area contributed by atoms with Crippen molar-refractivity contribution in [1.29, 1.82) is 0 Å². The van der Waals surface area contributed by atoms with Crippen LogP contribution in [0.5, 0.6) is 0 Å². The Hall–Kier alpha value is -0.610. The van der Waals surface area contributed by atoms with Gasteiger partial charge in [0.1, 0.15) is 5.54 Å². The van der Waals surface area contributed by atoms with Crippen molar-refractivity contribution in [3.8, 4) is 0 Å². The maximum absolute atomic E-state index is 11.4. The van der Waals surface area contributed by atoms with Gasteiger partial charge >= 0.3 is 5.97 Å². The lowest BCUT2D eigenvalue weighted by atomic mass is 9.83. The summed E-state index contributed by atoms with van der Waals surface area (Å²) in [4.78, 5) is 11.4. The van der Waals surface area contributed by atoms with Crippen molar-refractivity contribution in [2.45, 2.75) is 45.1 Å². The van der Waals surface area contributed by atoms with Gasteiger partial charge in [-0.15, -0.1) is 0 Å². The van der Waals surface area contributed by atoms with Crippen molar-refractivity contribution < 1.29 is 14.3 Å². The Labute approximate surface area is 97.5 Å². The Morgan fingerprint density at radius 3 is 2.69 bits per heavy atom. The van der Waals surface area contributed by atoms with E-state index in [1.807, 2.05) is 0 Å². The minimum Gasteiger partial charge on any atom is -0.465 e. The van der Waals surface area contributed by atoms with E-state index >= 15 is 0 Å². The third-order valence-corrected chi connectivity index (χ3v) is 3.04. The van der Waals surface area contributed by atoms with Crippen molar-refractivity contribution in [3.05, 3.63) is 0 Å². The van der Waals surface area contributed by atoms with Gasteiger partial charge in [-0.3, -0.25) is 0 Å². The summed E-state index contributed by atoms with van der Waals surface area (Å²) in [5.41, 5.74) is 4.79. The second-order valence-corrected chi connectivity index (χ2v) is 4.78. The molecule has 0 aromatic carbocycles. The molecule has 0 heterocycles. The Morgan fingerprint density at radius 2 is 2.19 bits per heavy atom. The van der Waals surface area contributed by atoms with E-state index in [-0.39, 0.29) is 6.61 Å². The first kappa shape index (κ1) is 13.5. The number of rotatable bonds is 7. The second-order valence-electron chi connectivity index (χ2n) is 4.78. The molecule has 1 saturated carbocycles. The van der Waals surface area contributed by atoms with E-state index < -0.39 is 11.5 Å². The summed E-state index contributed by atoms with van der Waals surface area (Å²) in [6.45, 7) is 4.70. The highest BCUT2D eigenvalue weighted by molar-refractivity contribution is 5.80. The van der Waals surface area contributed by atoms with Crippen LogP contribution >= 0.6 is 0 Å². The summed E-state index contributed by atoms with van der Waals surface area (Å²) in [6, 6.07) is 0. The van der Waals surface area contributed by atoms with Crippen molar-refractivity contribution in [3.63, 3.8) is 0 Å². The van der Waals surface area contributed by atoms with Gasteiger partial charge in [0.05, 0.1) is 13.2 Å². The molecule has 94 valence electrons. The minimum atomic E-state index is -1.02. The van der Waals surface area contributed by atoms with Gasteiger partial charge in [0.25, 0.3) is 0 Å². The van der Waals surface area contributed by atoms with Crippen LogP contribution in [0.2, 0.25) is 0 Å². The lowest BCUT2D eigenvalue weighted by Crippen LogP contribution is -2.50. The van der Waals surface area contributed by atoms with Crippen molar-refractivity contribution in [2.75, 3.05) is 19.8 Å². The van der Waals surface area contributed by atoms with Crippen LogP contribution in [-0.2, 0) is 14.3 Å². The average Bonchev–Trinajstić information content (AvgIpc) is 2.15. The molecular formula is C12H23NO3. The van der Waals surface area contributed by atoms with Crippen LogP contribution in [0.15, 0.2) is 0 Å². The predicted octanol–water partition coefficient (Wildman–Crippen LogP) is 1.47. The van der Waals surface area contributed by atoms with E-state index in [1.54, 1.807) is 13.8 Å². The quantitative estimate of drug-likeness (QED) is 0.530. The third-order valence-electron chi connectivity index (χ3n) is 3.04. The zero-order valence-corrected chi connectivity index (χ0v) is 10.3. The van der Waals surface area contributed by atoms with Crippen molar-refractivity contribution in [2.24, 2.45) is 11.7 Å². The average molecular weight is 229 g/mol. The second kappa shape index (κ2) is 6.21. The van der Waals surface area contributed by atoms with Gasteiger partial charge in [0.15, 0.2) is 0 Å². The zero-order chi connectivity index (χ0) is 12.0. The van der Waals surface area contributed by atoms with Gasteiger partial charge in [0.2, 0.25) is 0 Å². The molecule has 0 amide bonds. The molecule has 1 aliphatic rings. The topological polar surface area (TPSA) is 61.5 Å². The van der Waals surface area contributed by atoms with E-state index in [1.165, 1.54) is 19.3 Å². The first-order chi connectivity index (χ1) is 7.56. The van der Waals surface area contributed by atoms with Crippen LogP contribution in [0, 0.1) is 5.92 Å². The normalized spacial score (nSPS) is 19.9. The van der Waals surface area contributed by atoms with E-state index in [9.17, 15) is 4.79 Å². The summed E-state index contributed by atoms with van der Waals surface area (Å²) in [5.74, 6) is 0.435. The van der Waals surface area contributed by atoms with E-state index in [4.69, 9.17) is 15.2 Å². The van der Waals surface area contributed by atoms with Gasteiger partial charge in [0, 0.05) is 6.61 Å². The van der Waals surface area contributed by atoms with Crippen LogP contribution in [0.3, 0.4) is 0 Å². The van der Waals surface area contributed by atoms with Crippen molar-refractivity contribution in [1.82, 2.24) is 0 Å². The van der Waals surface area contributed by atoms with Crippen LogP contribution in [0.4, 0.5) is 0 Å². The first-order valence-electron chi connectivity index (χ1n) is 6.10. The number of nitrogens with two attached hydrogens (primary N) is 1. The summed E-state index contributed by atoms with van der Waals surface area (Å²) in [7, 11) is 0. The molecule has 0 bridgehead atoms. The summed E-state index contributed by atoms with van der Waals surface area (Å²) in [5, 5.41) is 0. The Balaban J connectivity index is 2.11. The molecule has 0 aliphatic heterocycles. The van der Waals surface area contributed by atoms with E-state index in [2.05, 4.69) is 0 Å². The lowest BCUT2D eigenvalue weighted by molar-refractivity contribution is -0.151. The number of hydrogen-bond donors (Lipinski definition) is 1. The molecule has 4 heteroatoms. The molecule has 1 unspecified atom stereocenters. The van der Waals surface area contributed by atoms with Gasteiger partial charge in [-0.25, -0.2) is 4.79 Å². The Bertz CT molecular complexity index is 224. The van der Waals surface area contributed by atoms with Crippen LogP contribution in [-0.4, -0.2) is 31.3 Å².